The standard InChI is InChI=1S/C18H24N4O/c1-4-5-6-7-15-8-10-16(11-9-15)14(3)21-22-18-19-13(2)12-17(23)20-18/h8-12H,4-7H2,1-3H3,(H2,19,20,22,23). The molecule has 2 N–H and O–H groups in total. The minimum absolute atomic E-state index is 0.190. The number of aromatic nitrogens is 2. The summed E-state index contributed by atoms with van der Waals surface area (Å²) in [4.78, 5) is 18.2. The molecule has 23 heavy (non-hydrogen) atoms. The van der Waals surface area contributed by atoms with Crippen LogP contribution < -0.4 is 11.0 Å². The van der Waals surface area contributed by atoms with Gasteiger partial charge in [0.2, 0.25) is 5.95 Å². The van der Waals surface area contributed by atoms with Crippen LogP contribution in [0, 0.1) is 6.92 Å². The van der Waals surface area contributed by atoms with Crippen molar-refractivity contribution in [3.63, 3.8) is 0 Å². The number of benzene rings is 1. The van der Waals surface area contributed by atoms with E-state index in [0.717, 1.165) is 17.7 Å². The first-order valence-electron chi connectivity index (χ1n) is 8.06. The molecule has 0 bridgehead atoms. The maximum Gasteiger partial charge on any atom is 0.252 e. The summed E-state index contributed by atoms with van der Waals surface area (Å²) in [6, 6.07) is 9.90. The molecule has 0 fully saturated rings. The first-order valence-corrected chi connectivity index (χ1v) is 8.06. The predicted molar refractivity (Wildman–Crippen MR) is 95.1 cm³/mol. The topological polar surface area (TPSA) is 70.1 Å². The van der Waals surface area contributed by atoms with Crippen molar-refractivity contribution < 1.29 is 0 Å². The summed E-state index contributed by atoms with van der Waals surface area (Å²) in [5.41, 5.74) is 6.51. The van der Waals surface area contributed by atoms with Crippen LogP contribution in [0.15, 0.2) is 40.2 Å². The van der Waals surface area contributed by atoms with Gasteiger partial charge in [-0.05, 0) is 37.8 Å². The number of hydrogen-bond donors (Lipinski definition) is 2. The summed E-state index contributed by atoms with van der Waals surface area (Å²) in [6.45, 7) is 5.91. The fourth-order valence-corrected chi connectivity index (χ4v) is 2.33. The molecule has 0 saturated heterocycles. The first-order chi connectivity index (χ1) is 11.1. The number of unbranched alkanes of at least 4 members (excludes halogenated alkanes) is 2. The van der Waals surface area contributed by atoms with Crippen molar-refractivity contribution >= 4 is 11.7 Å². The minimum Gasteiger partial charge on any atom is -0.291 e. The van der Waals surface area contributed by atoms with Gasteiger partial charge in [-0.3, -0.25) is 9.78 Å². The van der Waals surface area contributed by atoms with Gasteiger partial charge in [-0.1, -0.05) is 44.0 Å². The van der Waals surface area contributed by atoms with E-state index in [1.54, 1.807) is 6.92 Å². The Morgan fingerprint density at radius 1 is 1.26 bits per heavy atom. The molecule has 0 aliphatic heterocycles. The van der Waals surface area contributed by atoms with Crippen LogP contribution in [0.4, 0.5) is 5.95 Å². The van der Waals surface area contributed by atoms with Gasteiger partial charge in [0.05, 0.1) is 5.71 Å². The number of hydrogen-bond acceptors (Lipinski definition) is 4. The summed E-state index contributed by atoms with van der Waals surface area (Å²) in [6.07, 6.45) is 4.87. The largest absolute Gasteiger partial charge is 0.291 e. The van der Waals surface area contributed by atoms with Gasteiger partial charge in [0.15, 0.2) is 0 Å². The maximum absolute atomic E-state index is 11.4. The van der Waals surface area contributed by atoms with Crippen molar-refractivity contribution in [3.8, 4) is 0 Å². The second kappa shape index (κ2) is 8.27. The number of nitrogens with zero attached hydrogens (tertiary/aromatic N) is 2. The Kier molecular flexibility index (Phi) is 6.09. The van der Waals surface area contributed by atoms with E-state index in [1.807, 2.05) is 6.92 Å². The molecular weight excluding hydrogens is 288 g/mol. The van der Waals surface area contributed by atoms with Crippen LogP contribution in [-0.2, 0) is 6.42 Å². The van der Waals surface area contributed by atoms with Gasteiger partial charge >= 0.3 is 0 Å². The molecule has 1 heterocycles. The molecule has 5 nitrogen and oxygen atoms in total. The third-order valence-corrected chi connectivity index (χ3v) is 3.64. The quantitative estimate of drug-likeness (QED) is 0.466. The van der Waals surface area contributed by atoms with Crippen molar-refractivity contribution in [2.45, 2.75) is 46.5 Å². The van der Waals surface area contributed by atoms with Gasteiger partial charge in [-0.15, -0.1) is 0 Å². The lowest BCUT2D eigenvalue weighted by atomic mass is 10.0. The molecule has 0 saturated carbocycles. The number of aryl methyl sites for hydroxylation is 2. The molecule has 0 radical (unpaired) electrons. The van der Waals surface area contributed by atoms with Gasteiger partial charge in [-0.2, -0.15) is 5.10 Å². The molecule has 2 rings (SSSR count). The molecular formula is C18H24N4O. The average Bonchev–Trinajstić information content (AvgIpc) is 2.53. The lowest BCUT2D eigenvalue weighted by molar-refractivity contribution is 0.717. The molecule has 0 unspecified atom stereocenters. The van der Waals surface area contributed by atoms with Crippen molar-refractivity contribution in [2.24, 2.45) is 5.10 Å². The van der Waals surface area contributed by atoms with Crippen molar-refractivity contribution in [2.75, 3.05) is 5.43 Å². The fourth-order valence-electron chi connectivity index (χ4n) is 2.33. The van der Waals surface area contributed by atoms with Crippen LogP contribution in [-0.4, -0.2) is 15.7 Å². The van der Waals surface area contributed by atoms with E-state index in [-0.39, 0.29) is 5.56 Å². The lowest BCUT2D eigenvalue weighted by Gasteiger charge is -2.05. The average molecular weight is 312 g/mol. The van der Waals surface area contributed by atoms with E-state index >= 15 is 0 Å². The van der Waals surface area contributed by atoms with Gasteiger partial charge in [-0.25, -0.2) is 10.4 Å². The highest BCUT2D eigenvalue weighted by Crippen LogP contribution is 2.10. The van der Waals surface area contributed by atoms with Crippen LogP contribution in [0.3, 0.4) is 0 Å². The summed E-state index contributed by atoms with van der Waals surface area (Å²) in [5.74, 6) is 0.352. The van der Waals surface area contributed by atoms with Crippen LogP contribution in [0.5, 0.6) is 0 Å². The second-order valence-corrected chi connectivity index (χ2v) is 5.70. The Balaban J connectivity index is 2.01. The first kappa shape index (κ1) is 16.9. The van der Waals surface area contributed by atoms with Crippen LogP contribution >= 0.6 is 0 Å². The molecule has 0 amide bonds. The third-order valence-electron chi connectivity index (χ3n) is 3.64. The van der Waals surface area contributed by atoms with Crippen LogP contribution in [0.25, 0.3) is 0 Å². The van der Waals surface area contributed by atoms with Crippen molar-refractivity contribution in [1.29, 1.82) is 0 Å². The van der Waals surface area contributed by atoms with Crippen LogP contribution in [0.1, 0.15) is 49.9 Å². The number of anilines is 1. The predicted octanol–water partition coefficient (Wildman–Crippen LogP) is 3.65. The van der Waals surface area contributed by atoms with E-state index in [1.165, 1.54) is 30.9 Å². The Bertz CT molecular complexity index is 717. The Hall–Kier alpha value is -2.43. The number of H-pyrrole nitrogens is 1. The summed E-state index contributed by atoms with van der Waals surface area (Å²) in [7, 11) is 0. The van der Waals surface area contributed by atoms with Gasteiger partial charge in [0.1, 0.15) is 0 Å². The third kappa shape index (κ3) is 5.36. The molecule has 0 aliphatic rings. The zero-order valence-electron chi connectivity index (χ0n) is 14.0. The van der Waals surface area contributed by atoms with Crippen LogP contribution in [0.2, 0.25) is 0 Å². The zero-order chi connectivity index (χ0) is 16.7. The summed E-state index contributed by atoms with van der Waals surface area (Å²) < 4.78 is 0. The highest BCUT2D eigenvalue weighted by molar-refractivity contribution is 5.99. The Labute approximate surface area is 136 Å². The Morgan fingerprint density at radius 3 is 2.65 bits per heavy atom. The number of hydrazone groups is 1. The monoisotopic (exact) mass is 312 g/mol. The molecule has 2 aromatic rings. The normalized spacial score (nSPS) is 11.5. The second-order valence-electron chi connectivity index (χ2n) is 5.70. The van der Waals surface area contributed by atoms with Crippen molar-refractivity contribution in [3.05, 3.63) is 57.5 Å². The van der Waals surface area contributed by atoms with E-state index in [2.05, 4.69) is 51.7 Å². The fraction of sp³-hybridized carbons (Fsp3) is 0.389. The highest BCUT2D eigenvalue weighted by Gasteiger charge is 2.00. The number of nitrogens with one attached hydrogen (secondary N) is 2. The lowest BCUT2D eigenvalue weighted by Crippen LogP contribution is -2.11. The van der Waals surface area contributed by atoms with Crippen molar-refractivity contribution in [1.82, 2.24) is 9.97 Å². The summed E-state index contributed by atoms with van der Waals surface area (Å²) >= 11 is 0. The van der Waals surface area contributed by atoms with E-state index in [4.69, 9.17) is 0 Å². The van der Waals surface area contributed by atoms with Gasteiger partial charge in [0.25, 0.3) is 5.56 Å². The molecule has 5 heteroatoms. The van der Waals surface area contributed by atoms with Gasteiger partial charge in [0, 0.05) is 11.8 Å². The SMILES string of the molecule is CCCCCc1ccc(C(C)=NNc2nc(C)cc(=O)[nH]2)cc1. The molecule has 0 aliphatic carbocycles. The molecule has 1 aromatic heterocycles. The molecule has 0 atom stereocenters. The van der Waals surface area contributed by atoms with Gasteiger partial charge < -0.3 is 0 Å². The maximum atomic E-state index is 11.4. The van der Waals surface area contributed by atoms with E-state index in [0.29, 0.717) is 11.6 Å². The molecule has 122 valence electrons. The van der Waals surface area contributed by atoms with E-state index < -0.39 is 0 Å². The molecule has 0 spiro atoms. The minimum atomic E-state index is -0.190. The zero-order valence-corrected chi connectivity index (χ0v) is 14.0. The molecule has 1 aromatic carbocycles. The smallest absolute Gasteiger partial charge is 0.252 e. The van der Waals surface area contributed by atoms with E-state index in [9.17, 15) is 4.79 Å². The Morgan fingerprint density at radius 2 is 2.00 bits per heavy atom. The number of aromatic amines is 1. The number of rotatable bonds is 7. The summed E-state index contributed by atoms with van der Waals surface area (Å²) in [5, 5.41) is 4.29. The highest BCUT2D eigenvalue weighted by atomic mass is 16.1.